The Balaban J connectivity index is 3.40. The van der Waals surface area contributed by atoms with Crippen LogP contribution in [0.2, 0.25) is 0 Å². The smallest absolute Gasteiger partial charge is 0.220 e. The van der Waals surface area contributed by atoms with E-state index < -0.39 is 12.1 Å². The number of aliphatic hydroxyl groups is 2. The molecule has 0 aliphatic rings. The molecule has 0 bridgehead atoms. The van der Waals surface area contributed by atoms with Crippen molar-refractivity contribution in [2.75, 3.05) is 6.61 Å². The SMILES string of the molecule is CCCCCCCCCCCCC/C=C\C/C=C\CCCCCCCCCCCCCCCCCCCC(=O)NC(CO)C(O)CCCCCCCCCCCCCCCC. The Kier molecular flexibility index (Phi) is 52.2. The maximum atomic E-state index is 12.5. The van der Waals surface area contributed by atoms with Gasteiger partial charge in [-0.05, 0) is 44.9 Å². The van der Waals surface area contributed by atoms with Gasteiger partial charge < -0.3 is 15.5 Å². The molecule has 2 unspecified atom stereocenters. The molecule has 0 heterocycles. The zero-order valence-electron chi connectivity index (χ0n) is 41.7. The molecule has 0 aromatic carbocycles. The fourth-order valence-corrected chi connectivity index (χ4v) is 8.92. The molecule has 0 spiro atoms. The van der Waals surface area contributed by atoms with Crippen LogP contribution in [0.1, 0.15) is 316 Å². The molecule has 0 radical (unpaired) electrons. The second kappa shape index (κ2) is 53.2. The molecule has 0 aliphatic carbocycles. The van der Waals surface area contributed by atoms with E-state index >= 15 is 0 Å². The monoisotopic (exact) mass is 858 g/mol. The first-order chi connectivity index (χ1) is 30.2. The van der Waals surface area contributed by atoms with Gasteiger partial charge >= 0.3 is 0 Å². The summed E-state index contributed by atoms with van der Waals surface area (Å²) < 4.78 is 0. The standard InChI is InChI=1S/C57H111NO3/c1-3-5-7-9-11-13-15-17-19-20-21-22-23-24-25-26-27-28-29-30-31-32-33-34-35-36-37-38-39-41-43-45-47-49-51-53-57(61)58-55(54-59)56(60)52-50-48-46-44-42-40-18-16-14-12-10-8-6-4-2/h23-24,26-27,55-56,59-60H,3-22,25,28-54H2,1-2H3,(H,58,61)/b24-23-,27-26-. The van der Waals surface area contributed by atoms with Crippen LogP contribution in [0.5, 0.6) is 0 Å². The van der Waals surface area contributed by atoms with Crippen LogP contribution in [-0.4, -0.2) is 34.9 Å². The minimum atomic E-state index is -0.657. The van der Waals surface area contributed by atoms with Crippen LogP contribution in [0.25, 0.3) is 0 Å². The topological polar surface area (TPSA) is 69.6 Å². The van der Waals surface area contributed by atoms with Crippen molar-refractivity contribution in [1.82, 2.24) is 5.32 Å². The Hall–Kier alpha value is -1.13. The molecule has 0 aromatic rings. The van der Waals surface area contributed by atoms with Gasteiger partial charge in [0.25, 0.3) is 0 Å². The van der Waals surface area contributed by atoms with Crippen LogP contribution in [-0.2, 0) is 4.79 Å². The first kappa shape index (κ1) is 59.9. The van der Waals surface area contributed by atoms with Gasteiger partial charge in [-0.25, -0.2) is 0 Å². The van der Waals surface area contributed by atoms with Crippen molar-refractivity contribution in [3.8, 4) is 0 Å². The van der Waals surface area contributed by atoms with Gasteiger partial charge in [0.2, 0.25) is 5.91 Å². The predicted molar refractivity (Wildman–Crippen MR) is 272 cm³/mol. The first-order valence-corrected chi connectivity index (χ1v) is 28.0. The minimum Gasteiger partial charge on any atom is -0.394 e. The lowest BCUT2D eigenvalue weighted by Crippen LogP contribution is -2.45. The second-order valence-corrected chi connectivity index (χ2v) is 19.4. The van der Waals surface area contributed by atoms with E-state index in [2.05, 4.69) is 43.5 Å². The molecule has 4 nitrogen and oxygen atoms in total. The number of nitrogens with one attached hydrogen (secondary N) is 1. The molecule has 1 amide bonds. The fraction of sp³-hybridized carbons (Fsp3) is 0.912. The van der Waals surface area contributed by atoms with E-state index in [-0.39, 0.29) is 12.5 Å². The molecule has 4 heteroatoms. The Morgan fingerprint density at radius 1 is 0.393 bits per heavy atom. The number of allylic oxidation sites excluding steroid dienone is 4. The lowest BCUT2D eigenvalue weighted by atomic mass is 10.0. The summed E-state index contributed by atoms with van der Waals surface area (Å²) in [5.41, 5.74) is 0. The summed E-state index contributed by atoms with van der Waals surface area (Å²) in [5.74, 6) is -0.0269. The van der Waals surface area contributed by atoms with Crippen LogP contribution in [0.4, 0.5) is 0 Å². The Morgan fingerprint density at radius 2 is 0.672 bits per heavy atom. The summed E-state index contributed by atoms with van der Waals surface area (Å²) in [6, 6.07) is -0.533. The second-order valence-electron chi connectivity index (χ2n) is 19.4. The molecule has 0 aromatic heterocycles. The van der Waals surface area contributed by atoms with Crippen molar-refractivity contribution in [2.24, 2.45) is 0 Å². The van der Waals surface area contributed by atoms with E-state index in [9.17, 15) is 15.0 Å². The van der Waals surface area contributed by atoms with Crippen LogP contribution < -0.4 is 5.32 Å². The zero-order chi connectivity index (χ0) is 44.2. The summed E-state index contributed by atoms with van der Waals surface area (Å²) in [7, 11) is 0. The number of unbranched alkanes of at least 4 members (excludes halogenated alkanes) is 41. The lowest BCUT2D eigenvalue weighted by Gasteiger charge is -2.22. The fourth-order valence-electron chi connectivity index (χ4n) is 8.92. The third-order valence-corrected chi connectivity index (χ3v) is 13.2. The highest BCUT2D eigenvalue weighted by molar-refractivity contribution is 5.76. The average Bonchev–Trinajstić information content (AvgIpc) is 3.26. The molecule has 0 saturated carbocycles. The summed E-state index contributed by atoms with van der Waals surface area (Å²) >= 11 is 0. The molecule has 362 valence electrons. The van der Waals surface area contributed by atoms with Crippen LogP contribution in [0.3, 0.4) is 0 Å². The zero-order valence-corrected chi connectivity index (χ0v) is 41.7. The van der Waals surface area contributed by atoms with Crippen molar-refractivity contribution in [3.05, 3.63) is 24.3 Å². The Bertz CT molecular complexity index is 886. The van der Waals surface area contributed by atoms with Gasteiger partial charge in [0.1, 0.15) is 0 Å². The maximum absolute atomic E-state index is 12.5. The maximum Gasteiger partial charge on any atom is 0.220 e. The van der Waals surface area contributed by atoms with Crippen LogP contribution in [0.15, 0.2) is 24.3 Å². The van der Waals surface area contributed by atoms with Gasteiger partial charge in [0, 0.05) is 6.42 Å². The van der Waals surface area contributed by atoms with Gasteiger partial charge in [-0.2, -0.15) is 0 Å². The number of hydrogen-bond donors (Lipinski definition) is 3. The highest BCUT2D eigenvalue weighted by Gasteiger charge is 2.20. The van der Waals surface area contributed by atoms with Crippen molar-refractivity contribution >= 4 is 5.91 Å². The summed E-state index contributed by atoms with van der Waals surface area (Å²) in [6.45, 7) is 4.38. The Morgan fingerprint density at radius 3 is 0.984 bits per heavy atom. The summed E-state index contributed by atoms with van der Waals surface area (Å²) in [4.78, 5) is 12.5. The molecule has 0 fully saturated rings. The molecule has 61 heavy (non-hydrogen) atoms. The van der Waals surface area contributed by atoms with Gasteiger partial charge in [-0.15, -0.1) is 0 Å². The van der Waals surface area contributed by atoms with E-state index in [1.807, 2.05) is 0 Å². The van der Waals surface area contributed by atoms with Crippen LogP contribution >= 0.6 is 0 Å². The third kappa shape index (κ3) is 49.7. The summed E-state index contributed by atoms with van der Waals surface area (Å²) in [6.07, 6.45) is 70.3. The van der Waals surface area contributed by atoms with Gasteiger partial charge in [0.05, 0.1) is 18.8 Å². The van der Waals surface area contributed by atoms with Crippen molar-refractivity contribution in [2.45, 2.75) is 328 Å². The molecule has 0 aliphatic heterocycles. The molecule has 2 atom stereocenters. The quantitative estimate of drug-likeness (QED) is 0.0422. The number of amides is 1. The minimum absolute atomic E-state index is 0.0269. The summed E-state index contributed by atoms with van der Waals surface area (Å²) in [5, 5.41) is 23.3. The van der Waals surface area contributed by atoms with E-state index in [0.717, 1.165) is 32.1 Å². The van der Waals surface area contributed by atoms with Crippen molar-refractivity contribution < 1.29 is 15.0 Å². The first-order valence-electron chi connectivity index (χ1n) is 28.0. The number of carbonyl (C=O) groups is 1. The number of carbonyl (C=O) groups excluding carboxylic acids is 1. The highest BCUT2D eigenvalue weighted by atomic mass is 16.3. The van der Waals surface area contributed by atoms with E-state index in [0.29, 0.717) is 12.8 Å². The van der Waals surface area contributed by atoms with Gasteiger partial charge in [0.15, 0.2) is 0 Å². The number of rotatable bonds is 52. The van der Waals surface area contributed by atoms with E-state index in [4.69, 9.17) is 0 Å². The highest BCUT2D eigenvalue weighted by Crippen LogP contribution is 2.17. The average molecular weight is 859 g/mol. The molecular formula is C57H111NO3. The largest absolute Gasteiger partial charge is 0.394 e. The normalized spacial score (nSPS) is 12.9. The van der Waals surface area contributed by atoms with Gasteiger partial charge in [-0.1, -0.05) is 289 Å². The number of aliphatic hydroxyl groups excluding tert-OH is 2. The molecule has 3 N–H and O–H groups in total. The van der Waals surface area contributed by atoms with E-state index in [1.165, 1.54) is 257 Å². The molecular weight excluding hydrogens is 747 g/mol. The van der Waals surface area contributed by atoms with Crippen molar-refractivity contribution in [3.63, 3.8) is 0 Å². The van der Waals surface area contributed by atoms with Crippen molar-refractivity contribution in [1.29, 1.82) is 0 Å². The lowest BCUT2D eigenvalue weighted by molar-refractivity contribution is -0.123. The number of hydrogen-bond acceptors (Lipinski definition) is 3. The Labute approximate surface area is 383 Å². The van der Waals surface area contributed by atoms with Gasteiger partial charge in [-0.3, -0.25) is 4.79 Å². The van der Waals surface area contributed by atoms with Crippen LogP contribution in [0, 0.1) is 0 Å². The van der Waals surface area contributed by atoms with E-state index in [1.54, 1.807) is 0 Å². The molecule has 0 rings (SSSR count). The molecule has 0 saturated heterocycles. The third-order valence-electron chi connectivity index (χ3n) is 13.2. The predicted octanol–water partition coefficient (Wildman–Crippen LogP) is 18.3.